The summed E-state index contributed by atoms with van der Waals surface area (Å²) in [6, 6.07) is 14.3. The molecular formula is C20H24N2O2. The summed E-state index contributed by atoms with van der Waals surface area (Å²) in [5, 5.41) is 10.6. The molecule has 0 spiro atoms. The van der Waals surface area contributed by atoms with E-state index in [1.54, 1.807) is 6.20 Å². The van der Waals surface area contributed by atoms with E-state index < -0.39 is 0 Å². The van der Waals surface area contributed by atoms with Crippen LogP contribution in [-0.4, -0.2) is 40.7 Å². The zero-order valence-corrected chi connectivity index (χ0v) is 13.8. The van der Waals surface area contributed by atoms with Crippen molar-refractivity contribution in [3.8, 4) is 5.88 Å². The predicted octanol–water partition coefficient (Wildman–Crippen LogP) is 2.83. The molecule has 0 saturated carbocycles. The average molecular weight is 324 g/mol. The van der Waals surface area contributed by atoms with Crippen LogP contribution in [-0.2, 0) is 6.42 Å². The monoisotopic (exact) mass is 324 g/mol. The first-order valence-corrected chi connectivity index (χ1v) is 8.85. The summed E-state index contributed by atoms with van der Waals surface area (Å²) in [5.74, 6) is 1.28. The normalized spacial score (nSPS) is 24.7. The molecule has 4 rings (SSSR count). The van der Waals surface area contributed by atoms with E-state index in [4.69, 9.17) is 4.74 Å². The number of pyridine rings is 1. The van der Waals surface area contributed by atoms with E-state index in [0.29, 0.717) is 11.8 Å². The first kappa shape index (κ1) is 15.6. The molecule has 2 heterocycles. The lowest BCUT2D eigenvalue weighted by atomic mass is 9.95. The minimum Gasteiger partial charge on any atom is -0.477 e. The van der Waals surface area contributed by atoms with Gasteiger partial charge in [-0.05, 0) is 55.5 Å². The van der Waals surface area contributed by atoms with Gasteiger partial charge in [-0.15, -0.1) is 0 Å². The van der Waals surface area contributed by atoms with Crippen molar-refractivity contribution in [2.75, 3.05) is 19.7 Å². The fraction of sp³-hybridized carbons (Fsp3) is 0.450. The Kier molecular flexibility index (Phi) is 4.50. The van der Waals surface area contributed by atoms with Crippen molar-refractivity contribution >= 4 is 0 Å². The Morgan fingerprint density at radius 2 is 1.88 bits per heavy atom. The van der Waals surface area contributed by atoms with Gasteiger partial charge in [0.1, 0.15) is 0 Å². The number of likely N-dealkylation sites (tertiary alicyclic amines) is 1. The zero-order chi connectivity index (χ0) is 16.4. The third-order valence-electron chi connectivity index (χ3n) is 5.39. The highest BCUT2D eigenvalue weighted by Gasteiger charge is 2.36. The molecule has 1 fully saturated rings. The third kappa shape index (κ3) is 3.17. The number of hydrogen-bond donors (Lipinski definition) is 1. The molecule has 4 nitrogen and oxygen atoms in total. The van der Waals surface area contributed by atoms with Crippen LogP contribution in [0, 0.1) is 5.92 Å². The van der Waals surface area contributed by atoms with Gasteiger partial charge in [-0.25, -0.2) is 4.98 Å². The second-order valence-corrected chi connectivity index (χ2v) is 6.87. The first-order valence-electron chi connectivity index (χ1n) is 8.85. The van der Waals surface area contributed by atoms with E-state index in [0.717, 1.165) is 44.5 Å². The maximum atomic E-state index is 10.6. The van der Waals surface area contributed by atoms with Crippen LogP contribution in [0.1, 0.15) is 30.1 Å². The molecule has 126 valence electrons. The second-order valence-electron chi connectivity index (χ2n) is 6.87. The van der Waals surface area contributed by atoms with Crippen molar-refractivity contribution in [1.29, 1.82) is 0 Å². The lowest BCUT2D eigenvalue weighted by Crippen LogP contribution is -2.44. The van der Waals surface area contributed by atoms with Crippen LogP contribution in [0.15, 0.2) is 48.7 Å². The van der Waals surface area contributed by atoms with Gasteiger partial charge in [0.2, 0.25) is 5.88 Å². The van der Waals surface area contributed by atoms with Crippen LogP contribution >= 0.6 is 0 Å². The fourth-order valence-electron chi connectivity index (χ4n) is 3.97. The number of piperidine rings is 1. The second kappa shape index (κ2) is 6.91. The molecule has 1 aromatic heterocycles. The van der Waals surface area contributed by atoms with Gasteiger partial charge in [-0.2, -0.15) is 0 Å². The summed E-state index contributed by atoms with van der Waals surface area (Å²) in [5.41, 5.74) is 2.42. The summed E-state index contributed by atoms with van der Waals surface area (Å²) in [6.07, 6.45) is 4.62. The van der Waals surface area contributed by atoms with Crippen LogP contribution in [0.4, 0.5) is 0 Å². The number of ether oxygens (including phenoxy) is 1. The van der Waals surface area contributed by atoms with Crippen molar-refractivity contribution in [2.45, 2.75) is 31.4 Å². The molecule has 1 aromatic carbocycles. The van der Waals surface area contributed by atoms with Crippen LogP contribution < -0.4 is 4.74 Å². The highest BCUT2D eigenvalue weighted by atomic mass is 16.5. The van der Waals surface area contributed by atoms with E-state index >= 15 is 0 Å². The Balaban J connectivity index is 1.29. The molecule has 1 saturated heterocycles. The van der Waals surface area contributed by atoms with Gasteiger partial charge in [-0.1, -0.05) is 30.3 Å². The largest absolute Gasteiger partial charge is 0.477 e. The number of rotatable bonds is 4. The van der Waals surface area contributed by atoms with Crippen molar-refractivity contribution < 1.29 is 9.84 Å². The summed E-state index contributed by atoms with van der Waals surface area (Å²) in [4.78, 5) is 6.67. The molecule has 0 radical (unpaired) electrons. The van der Waals surface area contributed by atoms with E-state index in [-0.39, 0.29) is 12.1 Å². The Morgan fingerprint density at radius 3 is 2.62 bits per heavy atom. The standard InChI is InChI=1S/C20H24N2O2/c23-20-17-6-2-1-5-16(17)13-18(20)22-11-8-15(9-12-22)14-24-19-7-3-4-10-21-19/h1-7,10,15,18,20,23H,8-9,11-14H2. The summed E-state index contributed by atoms with van der Waals surface area (Å²) in [7, 11) is 0. The van der Waals surface area contributed by atoms with Crippen molar-refractivity contribution in [3.63, 3.8) is 0 Å². The van der Waals surface area contributed by atoms with E-state index in [1.807, 2.05) is 24.3 Å². The number of aliphatic hydroxyl groups excluding tert-OH is 1. The van der Waals surface area contributed by atoms with Crippen LogP contribution in [0.25, 0.3) is 0 Å². The molecule has 2 aromatic rings. The number of aliphatic hydroxyl groups is 1. The maximum absolute atomic E-state index is 10.6. The Morgan fingerprint density at radius 1 is 1.08 bits per heavy atom. The van der Waals surface area contributed by atoms with Crippen molar-refractivity contribution in [2.24, 2.45) is 5.92 Å². The van der Waals surface area contributed by atoms with Gasteiger partial charge >= 0.3 is 0 Å². The van der Waals surface area contributed by atoms with E-state index in [2.05, 4.69) is 28.1 Å². The van der Waals surface area contributed by atoms with Gasteiger partial charge in [0.25, 0.3) is 0 Å². The number of fused-ring (bicyclic) bond motifs is 1. The van der Waals surface area contributed by atoms with E-state index in [9.17, 15) is 5.11 Å². The van der Waals surface area contributed by atoms with Crippen molar-refractivity contribution in [3.05, 3.63) is 59.8 Å². The number of nitrogens with zero attached hydrogens (tertiary/aromatic N) is 2. The molecule has 24 heavy (non-hydrogen) atoms. The molecule has 1 aliphatic heterocycles. The molecule has 0 amide bonds. The highest BCUT2D eigenvalue weighted by molar-refractivity contribution is 5.35. The van der Waals surface area contributed by atoms with Gasteiger partial charge < -0.3 is 9.84 Å². The van der Waals surface area contributed by atoms with Gasteiger partial charge in [0.05, 0.1) is 12.7 Å². The van der Waals surface area contributed by atoms with Crippen LogP contribution in [0.5, 0.6) is 5.88 Å². The third-order valence-corrected chi connectivity index (χ3v) is 5.39. The van der Waals surface area contributed by atoms with E-state index in [1.165, 1.54) is 5.56 Å². The number of benzene rings is 1. The molecule has 4 heteroatoms. The number of aromatic nitrogens is 1. The molecule has 2 unspecified atom stereocenters. The number of hydrogen-bond acceptors (Lipinski definition) is 4. The van der Waals surface area contributed by atoms with Crippen molar-refractivity contribution in [1.82, 2.24) is 9.88 Å². The Bertz CT molecular complexity index is 668. The maximum Gasteiger partial charge on any atom is 0.213 e. The summed E-state index contributed by atoms with van der Waals surface area (Å²) >= 11 is 0. The fourth-order valence-corrected chi connectivity index (χ4v) is 3.97. The Labute approximate surface area is 143 Å². The molecular weight excluding hydrogens is 300 g/mol. The molecule has 2 aliphatic rings. The summed E-state index contributed by atoms with van der Waals surface area (Å²) < 4.78 is 5.80. The molecule has 1 aliphatic carbocycles. The lowest BCUT2D eigenvalue weighted by molar-refractivity contribution is 0.0329. The Hall–Kier alpha value is -1.91. The topological polar surface area (TPSA) is 45.6 Å². The molecule has 2 atom stereocenters. The SMILES string of the molecule is OC1c2ccccc2CC1N1CCC(COc2ccccn2)CC1. The first-order chi connectivity index (χ1) is 11.8. The zero-order valence-electron chi connectivity index (χ0n) is 13.8. The van der Waals surface area contributed by atoms with Gasteiger partial charge in [-0.3, -0.25) is 4.90 Å². The molecule has 0 bridgehead atoms. The molecule has 1 N–H and O–H groups in total. The summed E-state index contributed by atoms with van der Waals surface area (Å²) in [6.45, 7) is 2.80. The van der Waals surface area contributed by atoms with Gasteiger partial charge in [0, 0.05) is 18.3 Å². The highest BCUT2D eigenvalue weighted by Crippen LogP contribution is 2.36. The lowest BCUT2D eigenvalue weighted by Gasteiger charge is -2.37. The quantitative estimate of drug-likeness (QED) is 0.939. The van der Waals surface area contributed by atoms with Gasteiger partial charge in [0.15, 0.2) is 0 Å². The minimum atomic E-state index is -0.345. The smallest absolute Gasteiger partial charge is 0.213 e. The predicted molar refractivity (Wildman–Crippen MR) is 92.9 cm³/mol. The van der Waals surface area contributed by atoms with Crippen LogP contribution in [0.2, 0.25) is 0 Å². The average Bonchev–Trinajstić information content (AvgIpc) is 2.98. The minimum absolute atomic E-state index is 0.236. The van der Waals surface area contributed by atoms with Crippen LogP contribution in [0.3, 0.4) is 0 Å².